The molecule has 0 unspecified atom stereocenters. The summed E-state index contributed by atoms with van der Waals surface area (Å²) in [5, 5.41) is 5.24. The van der Waals surface area contributed by atoms with Crippen LogP contribution in [-0.4, -0.2) is 23.0 Å². The van der Waals surface area contributed by atoms with Crippen molar-refractivity contribution < 1.29 is 4.74 Å². The average Bonchev–Trinajstić information content (AvgIpc) is 2.79. The molecule has 0 N–H and O–H groups in total. The number of aromatic nitrogens is 2. The van der Waals surface area contributed by atoms with Gasteiger partial charge in [-0.05, 0) is 80.1 Å². The number of aryl methyl sites for hydroxylation is 4. The Morgan fingerprint density at radius 1 is 0.971 bits per heavy atom. The quantitative estimate of drug-likeness (QED) is 0.333. The minimum atomic E-state index is -0.194. The van der Waals surface area contributed by atoms with Crippen molar-refractivity contribution in [1.29, 1.82) is 0 Å². The summed E-state index contributed by atoms with van der Waals surface area (Å²) in [6, 6.07) is 15.7. The highest BCUT2D eigenvalue weighted by Crippen LogP contribution is 2.34. The average molecular weight is 454 g/mol. The summed E-state index contributed by atoms with van der Waals surface area (Å²) in [6.07, 6.45) is 1.77. The molecule has 5 nitrogen and oxygen atoms in total. The van der Waals surface area contributed by atoms with Gasteiger partial charge in [0.2, 0.25) is 0 Å². The predicted octanol–water partition coefficient (Wildman–Crippen LogP) is 6.31. The van der Waals surface area contributed by atoms with Gasteiger partial charge in [-0.1, -0.05) is 43.7 Å². The number of hydrogen-bond acceptors (Lipinski definition) is 4. The van der Waals surface area contributed by atoms with E-state index in [1.807, 2.05) is 31.2 Å². The summed E-state index contributed by atoms with van der Waals surface area (Å²) < 4.78 is 7.06. The van der Waals surface area contributed by atoms with Crippen LogP contribution in [0.3, 0.4) is 0 Å². The minimum absolute atomic E-state index is 0.194. The van der Waals surface area contributed by atoms with Crippen LogP contribution in [-0.2, 0) is 0 Å². The highest BCUT2D eigenvalue weighted by molar-refractivity contribution is 5.85. The Balaban J connectivity index is 2.01. The van der Waals surface area contributed by atoms with Crippen molar-refractivity contribution in [2.75, 3.05) is 7.11 Å². The minimum Gasteiger partial charge on any atom is -0.496 e. The Hall–Kier alpha value is -3.73. The van der Waals surface area contributed by atoms with E-state index in [2.05, 4.69) is 52.8 Å². The molecule has 0 fully saturated rings. The summed E-state index contributed by atoms with van der Waals surface area (Å²) in [5.41, 5.74) is 7.79. The van der Waals surface area contributed by atoms with E-state index in [1.54, 1.807) is 19.4 Å². The van der Waals surface area contributed by atoms with Gasteiger partial charge in [0.15, 0.2) is 5.82 Å². The molecular weight excluding hydrogens is 422 g/mol. The van der Waals surface area contributed by atoms with Crippen LogP contribution in [0.4, 0.5) is 0 Å². The van der Waals surface area contributed by atoms with E-state index in [0.717, 1.165) is 39.1 Å². The predicted molar refractivity (Wildman–Crippen MR) is 140 cm³/mol. The fraction of sp³-hybridized carbons (Fsp3) is 0.276. The Morgan fingerprint density at radius 3 is 2.29 bits per heavy atom. The van der Waals surface area contributed by atoms with Crippen molar-refractivity contribution in [3.8, 4) is 17.1 Å². The van der Waals surface area contributed by atoms with Crippen LogP contribution in [0.2, 0.25) is 0 Å². The molecule has 0 atom stereocenters. The van der Waals surface area contributed by atoms with Gasteiger partial charge in [0, 0.05) is 11.1 Å². The van der Waals surface area contributed by atoms with Gasteiger partial charge in [-0.3, -0.25) is 4.79 Å². The van der Waals surface area contributed by atoms with E-state index in [9.17, 15) is 4.79 Å². The molecule has 4 rings (SSSR count). The Labute approximate surface area is 200 Å². The van der Waals surface area contributed by atoms with Crippen LogP contribution in [0.5, 0.6) is 5.75 Å². The van der Waals surface area contributed by atoms with Gasteiger partial charge in [0.1, 0.15) is 5.75 Å². The number of nitrogens with zero attached hydrogens (tertiary/aromatic N) is 3. The van der Waals surface area contributed by atoms with Gasteiger partial charge in [0.05, 0.1) is 24.2 Å². The Kier molecular flexibility index (Phi) is 6.38. The largest absolute Gasteiger partial charge is 0.496 e. The van der Waals surface area contributed by atoms with Crippen LogP contribution >= 0.6 is 0 Å². The Bertz CT molecular complexity index is 1460. The van der Waals surface area contributed by atoms with Gasteiger partial charge in [-0.25, -0.2) is 4.98 Å². The molecule has 34 heavy (non-hydrogen) atoms. The second-order valence-corrected chi connectivity index (χ2v) is 9.19. The standard InChI is InChI=1S/C29H31N3O2/c1-17(2)23-15-24(21(6)14-27(23)34-7)28-31-26-11-9-8-10-22(26)29(33)32(28)30-16-25-19(4)12-18(3)13-20(25)5/h8-17H,1-7H3. The molecule has 0 aliphatic heterocycles. The normalized spacial score (nSPS) is 11.6. The number of benzene rings is 3. The molecular formula is C29H31N3O2. The molecule has 3 aromatic carbocycles. The van der Waals surface area contributed by atoms with Crippen molar-refractivity contribution >= 4 is 17.1 Å². The molecule has 0 spiro atoms. The molecule has 1 heterocycles. The topological polar surface area (TPSA) is 56.5 Å². The fourth-order valence-corrected chi connectivity index (χ4v) is 4.48. The van der Waals surface area contributed by atoms with Gasteiger partial charge in [-0.2, -0.15) is 9.78 Å². The smallest absolute Gasteiger partial charge is 0.282 e. The van der Waals surface area contributed by atoms with Gasteiger partial charge in [0.25, 0.3) is 5.56 Å². The molecule has 0 saturated heterocycles. The molecule has 1 aromatic heterocycles. The molecule has 0 aliphatic rings. The summed E-state index contributed by atoms with van der Waals surface area (Å²) >= 11 is 0. The van der Waals surface area contributed by atoms with E-state index in [-0.39, 0.29) is 11.5 Å². The maximum Gasteiger partial charge on any atom is 0.282 e. The molecule has 174 valence electrons. The molecule has 4 aromatic rings. The summed E-state index contributed by atoms with van der Waals surface area (Å²) in [6.45, 7) is 12.5. The van der Waals surface area contributed by atoms with E-state index in [1.165, 1.54) is 10.2 Å². The van der Waals surface area contributed by atoms with Gasteiger partial charge >= 0.3 is 0 Å². The maximum absolute atomic E-state index is 13.6. The number of para-hydroxylation sites is 1. The van der Waals surface area contributed by atoms with Crippen molar-refractivity contribution in [3.63, 3.8) is 0 Å². The number of hydrogen-bond donors (Lipinski definition) is 0. The monoisotopic (exact) mass is 453 g/mol. The number of ether oxygens (including phenoxy) is 1. The second kappa shape index (κ2) is 9.26. The van der Waals surface area contributed by atoms with Crippen LogP contribution < -0.4 is 10.3 Å². The van der Waals surface area contributed by atoms with Crippen LogP contribution in [0, 0.1) is 27.7 Å². The number of rotatable bonds is 5. The Morgan fingerprint density at radius 2 is 1.65 bits per heavy atom. The summed E-state index contributed by atoms with van der Waals surface area (Å²) in [5.74, 6) is 1.60. The lowest BCUT2D eigenvalue weighted by Crippen LogP contribution is -2.21. The van der Waals surface area contributed by atoms with Crippen LogP contribution in [0.15, 0.2) is 58.4 Å². The third kappa shape index (κ3) is 4.26. The highest BCUT2D eigenvalue weighted by Gasteiger charge is 2.18. The fourth-order valence-electron chi connectivity index (χ4n) is 4.48. The third-order valence-electron chi connectivity index (χ3n) is 6.23. The SMILES string of the molecule is COc1cc(C)c(-c2nc3ccccc3c(=O)n2N=Cc2c(C)cc(C)cc2C)cc1C(C)C. The van der Waals surface area contributed by atoms with Gasteiger partial charge in [-0.15, -0.1) is 0 Å². The highest BCUT2D eigenvalue weighted by atomic mass is 16.5. The summed E-state index contributed by atoms with van der Waals surface area (Å²) in [7, 11) is 1.68. The zero-order valence-corrected chi connectivity index (χ0v) is 20.9. The maximum atomic E-state index is 13.6. The molecule has 0 bridgehead atoms. The molecule has 0 radical (unpaired) electrons. The van der Waals surface area contributed by atoms with E-state index in [0.29, 0.717) is 16.7 Å². The zero-order chi connectivity index (χ0) is 24.6. The number of fused-ring (bicyclic) bond motifs is 1. The van der Waals surface area contributed by atoms with E-state index < -0.39 is 0 Å². The molecule has 0 saturated carbocycles. The zero-order valence-electron chi connectivity index (χ0n) is 20.9. The van der Waals surface area contributed by atoms with E-state index >= 15 is 0 Å². The first-order chi connectivity index (χ1) is 16.2. The first-order valence-corrected chi connectivity index (χ1v) is 11.5. The van der Waals surface area contributed by atoms with Gasteiger partial charge < -0.3 is 4.74 Å². The third-order valence-corrected chi connectivity index (χ3v) is 6.23. The van der Waals surface area contributed by atoms with Crippen molar-refractivity contribution in [1.82, 2.24) is 9.66 Å². The summed E-state index contributed by atoms with van der Waals surface area (Å²) in [4.78, 5) is 18.5. The lowest BCUT2D eigenvalue weighted by Gasteiger charge is -2.17. The van der Waals surface area contributed by atoms with Crippen LogP contribution in [0.1, 0.15) is 53.1 Å². The number of methoxy groups -OCH3 is 1. The first-order valence-electron chi connectivity index (χ1n) is 11.5. The lowest BCUT2D eigenvalue weighted by atomic mass is 9.96. The van der Waals surface area contributed by atoms with Crippen molar-refractivity contribution in [3.05, 3.63) is 92.3 Å². The van der Waals surface area contributed by atoms with Crippen LogP contribution in [0.25, 0.3) is 22.3 Å². The molecule has 5 heteroatoms. The lowest BCUT2D eigenvalue weighted by molar-refractivity contribution is 0.407. The van der Waals surface area contributed by atoms with E-state index in [4.69, 9.17) is 14.8 Å². The molecule has 0 aliphatic carbocycles. The first kappa shape index (κ1) is 23.4. The second-order valence-electron chi connectivity index (χ2n) is 9.19. The van der Waals surface area contributed by atoms with Crippen molar-refractivity contribution in [2.24, 2.45) is 5.10 Å². The van der Waals surface area contributed by atoms with Crippen molar-refractivity contribution in [2.45, 2.75) is 47.5 Å². The molecule has 0 amide bonds.